The molecule has 6 heteroatoms. The van der Waals surface area contributed by atoms with Crippen LogP contribution in [0.3, 0.4) is 0 Å². The van der Waals surface area contributed by atoms with E-state index in [9.17, 15) is 14.4 Å². The summed E-state index contributed by atoms with van der Waals surface area (Å²) in [7, 11) is 0. The van der Waals surface area contributed by atoms with E-state index in [4.69, 9.17) is 0 Å². The molecule has 0 bridgehead atoms. The van der Waals surface area contributed by atoms with E-state index in [0.717, 1.165) is 5.56 Å². The molecule has 1 aromatic heterocycles. The third-order valence-electron chi connectivity index (χ3n) is 3.81. The number of hydrogen-bond donors (Lipinski definition) is 2. The molecule has 2 heterocycles. The Kier molecular flexibility index (Phi) is 4.23. The average molecular weight is 311 g/mol. The Morgan fingerprint density at radius 1 is 1.17 bits per heavy atom. The predicted octanol–water partition coefficient (Wildman–Crippen LogP) is 0.906. The monoisotopic (exact) mass is 311 g/mol. The Hall–Kier alpha value is -2.89. The average Bonchev–Trinajstić information content (AvgIpc) is 2.88. The number of nitrogens with one attached hydrogen (secondary N) is 2. The maximum absolute atomic E-state index is 12.1. The van der Waals surface area contributed by atoms with Gasteiger partial charge in [0.25, 0.3) is 5.91 Å². The van der Waals surface area contributed by atoms with E-state index in [-0.39, 0.29) is 23.4 Å². The number of carbonyl (C=O) groups is 2. The van der Waals surface area contributed by atoms with Crippen LogP contribution in [0.25, 0.3) is 0 Å². The van der Waals surface area contributed by atoms with E-state index in [2.05, 4.69) is 10.3 Å². The number of likely N-dealkylation sites (tertiary alicyclic amines) is 1. The van der Waals surface area contributed by atoms with Gasteiger partial charge in [-0.05, 0) is 11.6 Å². The van der Waals surface area contributed by atoms with Crippen molar-refractivity contribution in [3.8, 4) is 0 Å². The number of rotatable bonds is 4. The first kappa shape index (κ1) is 15.0. The molecule has 1 atom stereocenters. The van der Waals surface area contributed by atoms with Crippen LogP contribution in [-0.4, -0.2) is 34.3 Å². The van der Waals surface area contributed by atoms with Crippen LogP contribution in [0.5, 0.6) is 0 Å². The number of amides is 2. The lowest BCUT2D eigenvalue weighted by Crippen LogP contribution is -2.37. The van der Waals surface area contributed by atoms with Crippen molar-refractivity contribution in [2.45, 2.75) is 19.0 Å². The SMILES string of the molecule is O=C(NC1CC(=O)N(Cc2ccccc2)C1)c1ccc(=O)[nH]c1. The van der Waals surface area contributed by atoms with E-state index in [0.29, 0.717) is 25.1 Å². The first-order valence-corrected chi connectivity index (χ1v) is 7.43. The molecular formula is C17H17N3O3. The zero-order valence-electron chi connectivity index (χ0n) is 12.5. The highest BCUT2D eigenvalue weighted by molar-refractivity contribution is 5.94. The van der Waals surface area contributed by atoms with Crippen LogP contribution in [-0.2, 0) is 11.3 Å². The summed E-state index contributed by atoms with van der Waals surface area (Å²) in [5.74, 6) is -0.263. The second-order valence-electron chi connectivity index (χ2n) is 5.58. The van der Waals surface area contributed by atoms with Crippen molar-refractivity contribution in [3.05, 3.63) is 70.1 Å². The predicted molar refractivity (Wildman–Crippen MR) is 84.8 cm³/mol. The number of aromatic amines is 1. The van der Waals surface area contributed by atoms with Gasteiger partial charge in [0.2, 0.25) is 11.5 Å². The lowest BCUT2D eigenvalue weighted by molar-refractivity contribution is -0.128. The van der Waals surface area contributed by atoms with Gasteiger partial charge in [-0.2, -0.15) is 0 Å². The fourth-order valence-electron chi connectivity index (χ4n) is 2.65. The summed E-state index contributed by atoms with van der Waals surface area (Å²) in [6.07, 6.45) is 1.66. The fraction of sp³-hybridized carbons (Fsp3) is 0.235. The van der Waals surface area contributed by atoms with Gasteiger partial charge in [0.15, 0.2) is 0 Å². The van der Waals surface area contributed by atoms with Crippen molar-refractivity contribution in [2.24, 2.45) is 0 Å². The Labute approximate surface area is 133 Å². The van der Waals surface area contributed by atoms with E-state index in [1.54, 1.807) is 4.90 Å². The molecule has 1 fully saturated rings. The molecule has 118 valence electrons. The summed E-state index contributed by atoms with van der Waals surface area (Å²) in [6.45, 7) is 1.04. The summed E-state index contributed by atoms with van der Waals surface area (Å²) < 4.78 is 0. The summed E-state index contributed by atoms with van der Waals surface area (Å²) in [4.78, 5) is 39.4. The van der Waals surface area contributed by atoms with Crippen molar-refractivity contribution in [1.82, 2.24) is 15.2 Å². The maximum Gasteiger partial charge on any atom is 0.253 e. The molecule has 2 amide bonds. The molecule has 0 radical (unpaired) electrons. The minimum atomic E-state index is -0.291. The highest BCUT2D eigenvalue weighted by Gasteiger charge is 2.30. The number of pyridine rings is 1. The molecule has 0 saturated carbocycles. The van der Waals surface area contributed by atoms with Crippen molar-refractivity contribution >= 4 is 11.8 Å². The number of benzene rings is 1. The summed E-state index contributed by atoms with van der Waals surface area (Å²) in [5.41, 5.74) is 1.18. The lowest BCUT2D eigenvalue weighted by atomic mass is 10.2. The van der Waals surface area contributed by atoms with Crippen LogP contribution in [0, 0.1) is 0 Å². The molecule has 0 aliphatic carbocycles. The Morgan fingerprint density at radius 3 is 2.65 bits per heavy atom. The molecule has 3 rings (SSSR count). The van der Waals surface area contributed by atoms with E-state index in [1.807, 2.05) is 30.3 Å². The van der Waals surface area contributed by atoms with Gasteiger partial charge in [0.05, 0.1) is 11.6 Å². The van der Waals surface area contributed by atoms with Crippen LogP contribution < -0.4 is 10.9 Å². The quantitative estimate of drug-likeness (QED) is 0.880. The minimum absolute atomic E-state index is 0.0284. The van der Waals surface area contributed by atoms with Gasteiger partial charge in [-0.15, -0.1) is 0 Å². The first-order chi connectivity index (χ1) is 11.1. The maximum atomic E-state index is 12.1. The molecule has 1 unspecified atom stereocenters. The normalized spacial score (nSPS) is 17.3. The largest absolute Gasteiger partial charge is 0.347 e. The fourth-order valence-corrected chi connectivity index (χ4v) is 2.65. The highest BCUT2D eigenvalue weighted by atomic mass is 16.2. The molecule has 0 spiro atoms. The van der Waals surface area contributed by atoms with Crippen molar-refractivity contribution < 1.29 is 9.59 Å². The zero-order valence-corrected chi connectivity index (χ0v) is 12.5. The zero-order chi connectivity index (χ0) is 16.2. The molecule has 6 nitrogen and oxygen atoms in total. The molecule has 23 heavy (non-hydrogen) atoms. The second-order valence-corrected chi connectivity index (χ2v) is 5.58. The number of hydrogen-bond acceptors (Lipinski definition) is 3. The Balaban J connectivity index is 1.60. The molecule has 1 aliphatic heterocycles. The van der Waals surface area contributed by atoms with Gasteiger partial charge in [0.1, 0.15) is 0 Å². The van der Waals surface area contributed by atoms with Gasteiger partial charge in [0, 0.05) is 31.8 Å². The van der Waals surface area contributed by atoms with Crippen molar-refractivity contribution in [2.75, 3.05) is 6.54 Å². The van der Waals surface area contributed by atoms with Crippen LogP contribution in [0.4, 0.5) is 0 Å². The van der Waals surface area contributed by atoms with Gasteiger partial charge in [-0.1, -0.05) is 30.3 Å². The van der Waals surface area contributed by atoms with Crippen LogP contribution >= 0.6 is 0 Å². The molecular weight excluding hydrogens is 294 g/mol. The van der Waals surface area contributed by atoms with E-state index < -0.39 is 0 Å². The summed E-state index contributed by atoms with van der Waals surface area (Å²) >= 11 is 0. The smallest absolute Gasteiger partial charge is 0.253 e. The van der Waals surface area contributed by atoms with Crippen molar-refractivity contribution in [3.63, 3.8) is 0 Å². The third kappa shape index (κ3) is 3.66. The molecule has 2 N–H and O–H groups in total. The lowest BCUT2D eigenvalue weighted by Gasteiger charge is -2.17. The van der Waals surface area contributed by atoms with Crippen LogP contribution in [0.2, 0.25) is 0 Å². The van der Waals surface area contributed by atoms with E-state index >= 15 is 0 Å². The third-order valence-corrected chi connectivity index (χ3v) is 3.81. The van der Waals surface area contributed by atoms with Gasteiger partial charge in [-0.3, -0.25) is 14.4 Å². The minimum Gasteiger partial charge on any atom is -0.347 e. The number of carbonyl (C=O) groups excluding carboxylic acids is 2. The van der Waals surface area contributed by atoms with Crippen LogP contribution in [0.1, 0.15) is 22.3 Å². The number of H-pyrrole nitrogens is 1. The van der Waals surface area contributed by atoms with E-state index in [1.165, 1.54) is 18.3 Å². The standard InChI is InChI=1S/C17H17N3O3/c21-15-7-6-13(9-18-15)17(23)19-14-8-16(22)20(11-14)10-12-4-2-1-3-5-12/h1-7,9,14H,8,10-11H2,(H,18,21)(H,19,23). The van der Waals surface area contributed by atoms with Crippen LogP contribution in [0.15, 0.2) is 53.5 Å². The van der Waals surface area contributed by atoms with Gasteiger partial charge < -0.3 is 15.2 Å². The van der Waals surface area contributed by atoms with Gasteiger partial charge in [-0.25, -0.2) is 0 Å². The summed E-state index contributed by atoms with van der Waals surface area (Å²) in [6, 6.07) is 12.3. The topological polar surface area (TPSA) is 82.3 Å². The van der Waals surface area contributed by atoms with Gasteiger partial charge >= 0.3 is 0 Å². The highest BCUT2D eigenvalue weighted by Crippen LogP contribution is 2.15. The number of aromatic nitrogens is 1. The Bertz CT molecular complexity index is 750. The molecule has 2 aromatic rings. The second kappa shape index (κ2) is 6.48. The molecule has 1 aromatic carbocycles. The first-order valence-electron chi connectivity index (χ1n) is 7.43. The molecule has 1 saturated heterocycles. The number of nitrogens with zero attached hydrogens (tertiary/aromatic N) is 1. The molecule has 1 aliphatic rings. The Morgan fingerprint density at radius 2 is 1.96 bits per heavy atom. The van der Waals surface area contributed by atoms with Crippen molar-refractivity contribution in [1.29, 1.82) is 0 Å². The summed E-state index contributed by atoms with van der Waals surface area (Å²) in [5, 5.41) is 2.84.